The van der Waals surface area contributed by atoms with Crippen molar-refractivity contribution in [3.8, 4) is 0 Å². The van der Waals surface area contributed by atoms with Gasteiger partial charge in [0, 0.05) is 18.6 Å². The summed E-state index contributed by atoms with van der Waals surface area (Å²) in [6.45, 7) is 1.54. The summed E-state index contributed by atoms with van der Waals surface area (Å²) in [4.78, 5) is 0. The van der Waals surface area contributed by atoms with Gasteiger partial charge in [0.15, 0.2) is 0 Å². The van der Waals surface area contributed by atoms with E-state index in [0.717, 1.165) is 6.07 Å². The molecule has 66 valence electrons. The van der Waals surface area contributed by atoms with Crippen molar-refractivity contribution >= 4 is 0 Å². The molecule has 0 bridgehead atoms. The number of aliphatic hydroxyl groups excluding tert-OH is 1. The maximum Gasteiger partial charge on any atom is 0.129 e. The van der Waals surface area contributed by atoms with Gasteiger partial charge in [-0.3, -0.25) is 0 Å². The Bertz CT molecular complexity index is 273. The van der Waals surface area contributed by atoms with Crippen LogP contribution in [0.4, 0.5) is 8.78 Å². The molecule has 0 heterocycles. The minimum absolute atomic E-state index is 0.136. The lowest BCUT2D eigenvalue weighted by atomic mass is 10.0. The van der Waals surface area contributed by atoms with E-state index in [4.69, 9.17) is 5.11 Å². The van der Waals surface area contributed by atoms with Crippen molar-refractivity contribution in [2.45, 2.75) is 12.8 Å². The number of hydrogen-bond donors (Lipinski definition) is 1. The third-order valence-electron chi connectivity index (χ3n) is 1.77. The average Bonchev–Trinajstić information content (AvgIpc) is 2.03. The molecule has 1 atom stereocenters. The molecule has 0 aromatic heterocycles. The third kappa shape index (κ3) is 1.80. The van der Waals surface area contributed by atoms with Gasteiger partial charge in [-0.25, -0.2) is 8.78 Å². The van der Waals surface area contributed by atoms with Crippen LogP contribution in [-0.4, -0.2) is 11.7 Å². The van der Waals surface area contributed by atoms with Crippen molar-refractivity contribution in [3.63, 3.8) is 0 Å². The van der Waals surface area contributed by atoms with Crippen molar-refractivity contribution in [1.29, 1.82) is 0 Å². The van der Waals surface area contributed by atoms with E-state index in [9.17, 15) is 8.78 Å². The first-order valence-electron chi connectivity index (χ1n) is 3.71. The van der Waals surface area contributed by atoms with E-state index in [1.165, 1.54) is 12.1 Å². The lowest BCUT2D eigenvalue weighted by Crippen LogP contribution is -2.02. The van der Waals surface area contributed by atoms with Crippen LogP contribution >= 0.6 is 0 Å². The molecule has 1 aromatic rings. The molecule has 1 rings (SSSR count). The van der Waals surface area contributed by atoms with Gasteiger partial charge in [0.05, 0.1) is 0 Å². The summed E-state index contributed by atoms with van der Waals surface area (Å²) in [5.74, 6) is -1.48. The molecule has 1 aromatic carbocycles. The Labute approximate surface area is 69.7 Å². The first-order chi connectivity index (χ1) is 5.65. The molecule has 0 aliphatic heterocycles. The summed E-state index contributed by atoms with van der Waals surface area (Å²) in [7, 11) is 0. The van der Waals surface area contributed by atoms with E-state index in [1.54, 1.807) is 6.92 Å². The molecule has 1 nitrogen and oxygen atoms in total. The number of halogens is 2. The normalized spacial score (nSPS) is 13.0. The molecular formula is C9H10F2O. The van der Waals surface area contributed by atoms with Gasteiger partial charge >= 0.3 is 0 Å². The zero-order chi connectivity index (χ0) is 9.14. The number of hydrogen-bond acceptors (Lipinski definition) is 1. The van der Waals surface area contributed by atoms with Gasteiger partial charge in [-0.05, 0) is 11.6 Å². The number of aliphatic hydroxyl groups is 1. The van der Waals surface area contributed by atoms with Gasteiger partial charge in [-0.1, -0.05) is 13.0 Å². The molecule has 0 unspecified atom stereocenters. The van der Waals surface area contributed by atoms with Gasteiger partial charge in [0.2, 0.25) is 0 Å². The van der Waals surface area contributed by atoms with E-state index in [2.05, 4.69) is 0 Å². The zero-order valence-electron chi connectivity index (χ0n) is 6.72. The maximum atomic E-state index is 12.9. The highest BCUT2D eigenvalue weighted by Crippen LogP contribution is 2.18. The summed E-state index contributed by atoms with van der Waals surface area (Å²) < 4.78 is 25.3. The van der Waals surface area contributed by atoms with Crippen LogP contribution in [0.1, 0.15) is 18.4 Å². The fourth-order valence-electron chi connectivity index (χ4n) is 1.000. The second-order valence-corrected chi connectivity index (χ2v) is 2.75. The van der Waals surface area contributed by atoms with Crippen LogP contribution in [0.5, 0.6) is 0 Å². The van der Waals surface area contributed by atoms with Crippen molar-refractivity contribution < 1.29 is 13.9 Å². The van der Waals surface area contributed by atoms with Crippen molar-refractivity contribution in [1.82, 2.24) is 0 Å². The Hall–Kier alpha value is -0.960. The van der Waals surface area contributed by atoms with Crippen LogP contribution in [0.15, 0.2) is 18.2 Å². The Kier molecular flexibility index (Phi) is 2.76. The quantitative estimate of drug-likeness (QED) is 0.723. The highest BCUT2D eigenvalue weighted by molar-refractivity contribution is 5.21. The van der Waals surface area contributed by atoms with Crippen LogP contribution < -0.4 is 0 Å². The lowest BCUT2D eigenvalue weighted by molar-refractivity contribution is 0.270. The monoisotopic (exact) mass is 172 g/mol. The van der Waals surface area contributed by atoms with E-state index < -0.39 is 11.6 Å². The zero-order valence-corrected chi connectivity index (χ0v) is 6.72. The predicted octanol–water partition coefficient (Wildman–Crippen LogP) is 2.06. The molecule has 0 saturated heterocycles. The van der Waals surface area contributed by atoms with Gasteiger partial charge in [0.25, 0.3) is 0 Å². The van der Waals surface area contributed by atoms with Gasteiger partial charge < -0.3 is 5.11 Å². The minimum Gasteiger partial charge on any atom is -0.396 e. The molecule has 0 saturated carbocycles. The number of rotatable bonds is 2. The van der Waals surface area contributed by atoms with Crippen molar-refractivity contribution in [2.75, 3.05) is 6.61 Å². The van der Waals surface area contributed by atoms with Crippen LogP contribution in [0, 0.1) is 11.6 Å². The van der Waals surface area contributed by atoms with Crippen molar-refractivity contribution in [2.24, 2.45) is 0 Å². The molecule has 0 aliphatic rings. The second-order valence-electron chi connectivity index (χ2n) is 2.75. The average molecular weight is 172 g/mol. The number of benzene rings is 1. The Balaban J connectivity index is 3.01. The summed E-state index contributed by atoms with van der Waals surface area (Å²) in [5, 5.41) is 8.72. The Morgan fingerprint density at radius 2 is 2.08 bits per heavy atom. The lowest BCUT2D eigenvalue weighted by Gasteiger charge is -2.08. The second kappa shape index (κ2) is 3.63. The van der Waals surface area contributed by atoms with Crippen LogP contribution in [0.2, 0.25) is 0 Å². The van der Waals surface area contributed by atoms with E-state index in [0.29, 0.717) is 5.56 Å². The summed E-state index contributed by atoms with van der Waals surface area (Å²) in [6, 6.07) is 3.36. The van der Waals surface area contributed by atoms with Crippen LogP contribution in [-0.2, 0) is 0 Å². The molecule has 0 fully saturated rings. The van der Waals surface area contributed by atoms with Gasteiger partial charge in [0.1, 0.15) is 11.6 Å². The molecule has 12 heavy (non-hydrogen) atoms. The Morgan fingerprint density at radius 3 is 2.58 bits per heavy atom. The standard InChI is InChI=1S/C9H10F2O/c1-6(5-12)8-3-2-7(10)4-9(8)11/h2-4,6,12H,5H2,1H3/t6-/m0/s1. The Morgan fingerprint density at radius 1 is 1.42 bits per heavy atom. The highest BCUT2D eigenvalue weighted by atomic mass is 19.1. The largest absolute Gasteiger partial charge is 0.396 e. The summed E-state index contributed by atoms with van der Waals surface area (Å²) in [6.07, 6.45) is 0. The SMILES string of the molecule is C[C@@H](CO)c1ccc(F)cc1F. The maximum absolute atomic E-state index is 12.9. The first kappa shape index (κ1) is 9.13. The van der Waals surface area contributed by atoms with Crippen LogP contribution in [0.25, 0.3) is 0 Å². The molecule has 0 amide bonds. The molecule has 0 aliphatic carbocycles. The molecule has 1 N–H and O–H groups in total. The third-order valence-corrected chi connectivity index (χ3v) is 1.77. The smallest absolute Gasteiger partial charge is 0.129 e. The van der Waals surface area contributed by atoms with E-state index in [1.807, 2.05) is 0 Å². The summed E-state index contributed by atoms with van der Waals surface area (Å²) >= 11 is 0. The first-order valence-corrected chi connectivity index (χ1v) is 3.71. The molecule has 3 heteroatoms. The highest BCUT2D eigenvalue weighted by Gasteiger charge is 2.09. The predicted molar refractivity (Wildman–Crippen MR) is 41.9 cm³/mol. The van der Waals surface area contributed by atoms with Crippen LogP contribution in [0.3, 0.4) is 0 Å². The minimum atomic E-state index is -0.600. The molecule has 0 spiro atoms. The fraction of sp³-hybridized carbons (Fsp3) is 0.333. The fourth-order valence-corrected chi connectivity index (χ4v) is 1.000. The van der Waals surface area contributed by atoms with E-state index in [-0.39, 0.29) is 12.5 Å². The summed E-state index contributed by atoms with van der Waals surface area (Å²) in [5.41, 5.74) is 0.346. The van der Waals surface area contributed by atoms with Crippen molar-refractivity contribution in [3.05, 3.63) is 35.4 Å². The van der Waals surface area contributed by atoms with E-state index >= 15 is 0 Å². The topological polar surface area (TPSA) is 20.2 Å². The van der Waals surface area contributed by atoms with Gasteiger partial charge in [-0.2, -0.15) is 0 Å². The molecular weight excluding hydrogens is 162 g/mol. The molecule has 0 radical (unpaired) electrons. The van der Waals surface area contributed by atoms with Gasteiger partial charge in [-0.15, -0.1) is 0 Å².